The third kappa shape index (κ3) is 4.66. The highest BCUT2D eigenvalue weighted by Gasteiger charge is 2.30. The van der Waals surface area contributed by atoms with E-state index in [2.05, 4.69) is 26.8 Å². The second-order valence-electron chi connectivity index (χ2n) is 8.12. The van der Waals surface area contributed by atoms with Gasteiger partial charge in [0.25, 0.3) is 0 Å². The standard InChI is InChI=1S/C25H23N5O4S/c1-2-35(32,33)30-13-12-18(15-30)29-25-22-21(14-26-24(22)27-16-28-25)23(31)17-8-10-20(11-9-17)34-19-6-4-3-5-7-19/h2-11,14,16,18H,1,12-13,15H2,(H2,26,27,28,29). The van der Waals surface area contributed by atoms with Crippen molar-refractivity contribution < 1.29 is 17.9 Å². The summed E-state index contributed by atoms with van der Waals surface area (Å²) in [5, 5.41) is 4.81. The van der Waals surface area contributed by atoms with Gasteiger partial charge in [0, 0.05) is 36.3 Å². The van der Waals surface area contributed by atoms with Crippen LogP contribution in [0, 0.1) is 0 Å². The summed E-state index contributed by atoms with van der Waals surface area (Å²) in [6.07, 6.45) is 3.62. The number of ether oxygens (including phenoxy) is 1. The number of anilines is 1. The van der Waals surface area contributed by atoms with Gasteiger partial charge in [0.2, 0.25) is 10.0 Å². The molecule has 0 saturated carbocycles. The van der Waals surface area contributed by atoms with E-state index in [1.54, 1.807) is 30.5 Å². The number of nitrogens with one attached hydrogen (secondary N) is 2. The number of para-hydroxylation sites is 1. The molecule has 1 aliphatic rings. The number of sulfonamides is 1. The number of benzene rings is 2. The largest absolute Gasteiger partial charge is 0.457 e. The molecule has 0 aliphatic carbocycles. The number of carbonyl (C=O) groups excluding carboxylic acids is 1. The van der Waals surface area contributed by atoms with E-state index in [0.717, 1.165) is 5.41 Å². The van der Waals surface area contributed by atoms with Crippen LogP contribution in [0.25, 0.3) is 11.0 Å². The molecule has 2 aromatic carbocycles. The third-order valence-corrected chi connectivity index (χ3v) is 7.34. The van der Waals surface area contributed by atoms with Gasteiger partial charge in [0.05, 0.1) is 10.9 Å². The van der Waals surface area contributed by atoms with Gasteiger partial charge in [-0.05, 0) is 42.8 Å². The average molecular weight is 490 g/mol. The van der Waals surface area contributed by atoms with E-state index in [4.69, 9.17) is 4.74 Å². The number of fused-ring (bicyclic) bond motifs is 1. The number of rotatable bonds is 8. The number of hydrogen-bond donors (Lipinski definition) is 2. The van der Waals surface area contributed by atoms with Crippen LogP contribution in [0.4, 0.5) is 5.82 Å². The Hall–Kier alpha value is -4.02. The highest BCUT2D eigenvalue weighted by Crippen LogP contribution is 2.29. The van der Waals surface area contributed by atoms with Gasteiger partial charge in [-0.25, -0.2) is 18.4 Å². The first-order valence-corrected chi connectivity index (χ1v) is 12.5. The zero-order chi connectivity index (χ0) is 24.4. The first-order chi connectivity index (χ1) is 16.9. The van der Waals surface area contributed by atoms with Crippen LogP contribution >= 0.6 is 0 Å². The molecule has 0 spiro atoms. The monoisotopic (exact) mass is 489 g/mol. The minimum Gasteiger partial charge on any atom is -0.457 e. The summed E-state index contributed by atoms with van der Waals surface area (Å²) < 4.78 is 31.4. The van der Waals surface area contributed by atoms with Crippen LogP contribution in [0.3, 0.4) is 0 Å². The topological polar surface area (TPSA) is 117 Å². The van der Waals surface area contributed by atoms with E-state index in [1.165, 1.54) is 10.6 Å². The summed E-state index contributed by atoms with van der Waals surface area (Å²) in [5.74, 6) is 1.62. The lowest BCUT2D eigenvalue weighted by molar-refractivity contribution is 0.104. The van der Waals surface area contributed by atoms with Crippen molar-refractivity contribution in [3.8, 4) is 11.5 Å². The molecule has 0 amide bonds. The van der Waals surface area contributed by atoms with Crippen molar-refractivity contribution in [2.75, 3.05) is 18.4 Å². The van der Waals surface area contributed by atoms with E-state index in [1.807, 2.05) is 30.3 Å². The van der Waals surface area contributed by atoms with Crippen molar-refractivity contribution in [2.24, 2.45) is 0 Å². The second kappa shape index (κ2) is 9.32. The van der Waals surface area contributed by atoms with Crippen molar-refractivity contribution in [1.29, 1.82) is 0 Å². The summed E-state index contributed by atoms with van der Waals surface area (Å²) in [7, 11) is -3.48. The SMILES string of the molecule is C=CS(=O)(=O)N1CCC(Nc2ncnc3[nH]cc(C(=O)c4ccc(Oc5ccccc5)cc4)c23)C1. The average Bonchev–Trinajstić information content (AvgIpc) is 3.53. The highest BCUT2D eigenvalue weighted by atomic mass is 32.2. The van der Waals surface area contributed by atoms with Gasteiger partial charge >= 0.3 is 0 Å². The van der Waals surface area contributed by atoms with Gasteiger partial charge < -0.3 is 15.0 Å². The first kappa shape index (κ1) is 22.8. The molecular formula is C25H23N5O4S. The summed E-state index contributed by atoms with van der Waals surface area (Å²) in [5.41, 5.74) is 1.43. The van der Waals surface area contributed by atoms with Crippen molar-refractivity contribution in [3.05, 3.63) is 90.2 Å². The van der Waals surface area contributed by atoms with Crippen molar-refractivity contribution in [2.45, 2.75) is 12.5 Å². The number of aromatic nitrogens is 3. The number of nitrogens with zero attached hydrogens (tertiary/aromatic N) is 3. The zero-order valence-electron chi connectivity index (χ0n) is 18.7. The smallest absolute Gasteiger partial charge is 0.235 e. The van der Waals surface area contributed by atoms with Gasteiger partial charge in [-0.2, -0.15) is 4.31 Å². The Kier molecular flexibility index (Phi) is 6.06. The fourth-order valence-corrected chi connectivity index (χ4v) is 5.04. The normalized spacial score (nSPS) is 16.3. The predicted octanol–water partition coefficient (Wildman–Crippen LogP) is 3.94. The molecule has 2 aromatic heterocycles. The van der Waals surface area contributed by atoms with Gasteiger partial charge in [0.15, 0.2) is 5.78 Å². The second-order valence-corrected chi connectivity index (χ2v) is 10.00. The fraction of sp³-hybridized carbons (Fsp3) is 0.160. The number of ketones is 1. The molecule has 2 N–H and O–H groups in total. The molecule has 0 radical (unpaired) electrons. The highest BCUT2D eigenvalue weighted by molar-refractivity contribution is 7.92. The maximum absolute atomic E-state index is 13.4. The molecule has 1 unspecified atom stereocenters. The predicted molar refractivity (Wildman–Crippen MR) is 133 cm³/mol. The molecule has 178 valence electrons. The summed E-state index contributed by atoms with van der Waals surface area (Å²) in [4.78, 5) is 25.0. The Balaban J connectivity index is 1.37. The molecule has 3 heterocycles. The van der Waals surface area contributed by atoms with E-state index in [9.17, 15) is 13.2 Å². The first-order valence-electron chi connectivity index (χ1n) is 11.0. The maximum Gasteiger partial charge on any atom is 0.235 e. The Morgan fingerprint density at radius 2 is 1.86 bits per heavy atom. The van der Waals surface area contributed by atoms with Crippen molar-refractivity contribution >= 4 is 32.7 Å². The fourth-order valence-electron chi connectivity index (χ4n) is 4.08. The summed E-state index contributed by atoms with van der Waals surface area (Å²) >= 11 is 0. The summed E-state index contributed by atoms with van der Waals surface area (Å²) in [6, 6.07) is 16.2. The Morgan fingerprint density at radius 3 is 2.60 bits per heavy atom. The maximum atomic E-state index is 13.4. The lowest BCUT2D eigenvalue weighted by Gasteiger charge is -2.16. The molecule has 5 rings (SSSR count). The quantitative estimate of drug-likeness (QED) is 0.360. The third-order valence-electron chi connectivity index (χ3n) is 5.87. The van der Waals surface area contributed by atoms with Crippen LogP contribution < -0.4 is 10.1 Å². The van der Waals surface area contributed by atoms with Crippen molar-refractivity contribution in [1.82, 2.24) is 19.3 Å². The van der Waals surface area contributed by atoms with Crippen LogP contribution in [-0.4, -0.2) is 52.6 Å². The molecule has 4 aromatic rings. The number of aromatic amines is 1. The minimum atomic E-state index is -3.48. The van der Waals surface area contributed by atoms with Gasteiger partial charge in [-0.15, -0.1) is 0 Å². The lowest BCUT2D eigenvalue weighted by Crippen LogP contribution is -2.30. The molecule has 1 saturated heterocycles. The van der Waals surface area contributed by atoms with Crippen LogP contribution in [0.5, 0.6) is 11.5 Å². The van der Waals surface area contributed by atoms with E-state index < -0.39 is 10.0 Å². The van der Waals surface area contributed by atoms with E-state index >= 15 is 0 Å². The molecule has 9 nitrogen and oxygen atoms in total. The van der Waals surface area contributed by atoms with Crippen LogP contribution in [0.2, 0.25) is 0 Å². The van der Waals surface area contributed by atoms with Crippen LogP contribution in [0.15, 0.2) is 79.1 Å². The van der Waals surface area contributed by atoms with Gasteiger partial charge in [-0.3, -0.25) is 4.79 Å². The number of hydrogen-bond acceptors (Lipinski definition) is 7. The van der Waals surface area contributed by atoms with Gasteiger partial charge in [-0.1, -0.05) is 24.8 Å². The zero-order valence-corrected chi connectivity index (χ0v) is 19.5. The molecule has 35 heavy (non-hydrogen) atoms. The van der Waals surface area contributed by atoms with Crippen LogP contribution in [-0.2, 0) is 10.0 Å². The Bertz CT molecular complexity index is 1480. The molecule has 10 heteroatoms. The molecule has 0 bridgehead atoms. The van der Waals surface area contributed by atoms with E-state index in [0.29, 0.717) is 52.4 Å². The molecule has 1 atom stereocenters. The van der Waals surface area contributed by atoms with Crippen molar-refractivity contribution in [3.63, 3.8) is 0 Å². The molecular weight excluding hydrogens is 466 g/mol. The Labute approximate surface area is 202 Å². The van der Waals surface area contributed by atoms with Gasteiger partial charge in [0.1, 0.15) is 29.3 Å². The number of carbonyl (C=O) groups is 1. The Morgan fingerprint density at radius 1 is 1.11 bits per heavy atom. The lowest BCUT2D eigenvalue weighted by atomic mass is 10.0. The minimum absolute atomic E-state index is 0.157. The number of H-pyrrole nitrogens is 1. The molecule has 1 fully saturated rings. The van der Waals surface area contributed by atoms with Crippen LogP contribution in [0.1, 0.15) is 22.3 Å². The molecule has 1 aliphatic heterocycles. The summed E-state index contributed by atoms with van der Waals surface area (Å²) in [6.45, 7) is 4.06. The van der Waals surface area contributed by atoms with E-state index in [-0.39, 0.29) is 18.4 Å².